The number of nitrogens with one attached hydrogen (secondary N) is 1. The van der Waals surface area contributed by atoms with Gasteiger partial charge in [0.05, 0.1) is 0 Å². The second kappa shape index (κ2) is 6.61. The number of fused-ring (bicyclic) bond motifs is 1. The molecule has 2 unspecified atom stereocenters. The molecule has 5 heteroatoms. The molecule has 2 amide bonds. The number of carbonyl (C=O) groups is 2. The molecule has 1 heterocycles. The standard InChI is InChI=1S/C16H22N2O3/c1-3-11(2)9-17-16(21)18-10-13-7-5-4-6-12(13)8-14(18)15(19)20/h4-7,11,14H,3,8-10H2,1-2H3,(H,17,21)(H,19,20). The average molecular weight is 290 g/mol. The van der Waals surface area contributed by atoms with Crippen LogP contribution in [-0.4, -0.2) is 34.6 Å². The molecule has 2 atom stereocenters. The molecule has 0 saturated carbocycles. The van der Waals surface area contributed by atoms with Crippen molar-refractivity contribution in [2.24, 2.45) is 5.92 Å². The van der Waals surface area contributed by atoms with Gasteiger partial charge in [-0.3, -0.25) is 0 Å². The molecule has 0 spiro atoms. The Kier molecular flexibility index (Phi) is 4.83. The fraction of sp³-hybridized carbons (Fsp3) is 0.500. The lowest BCUT2D eigenvalue weighted by molar-refractivity contribution is -0.142. The largest absolute Gasteiger partial charge is 0.480 e. The predicted molar refractivity (Wildman–Crippen MR) is 80.0 cm³/mol. The molecule has 0 radical (unpaired) electrons. The highest BCUT2D eigenvalue weighted by molar-refractivity contribution is 5.83. The maximum Gasteiger partial charge on any atom is 0.326 e. The predicted octanol–water partition coefficient (Wildman–Crippen LogP) is 2.25. The van der Waals surface area contributed by atoms with Crippen molar-refractivity contribution in [1.29, 1.82) is 0 Å². The van der Waals surface area contributed by atoms with Gasteiger partial charge in [0.25, 0.3) is 0 Å². The lowest BCUT2D eigenvalue weighted by Crippen LogP contribution is -2.52. The van der Waals surface area contributed by atoms with E-state index in [-0.39, 0.29) is 6.03 Å². The molecular weight excluding hydrogens is 268 g/mol. The first-order valence-corrected chi connectivity index (χ1v) is 7.37. The Labute approximate surface area is 125 Å². The third-order valence-electron chi connectivity index (χ3n) is 4.09. The molecule has 0 aliphatic carbocycles. The molecule has 21 heavy (non-hydrogen) atoms. The van der Waals surface area contributed by atoms with Crippen LogP contribution in [0.4, 0.5) is 4.79 Å². The van der Waals surface area contributed by atoms with E-state index in [0.717, 1.165) is 17.5 Å². The van der Waals surface area contributed by atoms with E-state index in [4.69, 9.17) is 0 Å². The lowest BCUT2D eigenvalue weighted by atomic mass is 9.94. The molecule has 2 rings (SSSR count). The fourth-order valence-electron chi connectivity index (χ4n) is 2.46. The number of amides is 2. The smallest absolute Gasteiger partial charge is 0.326 e. The molecule has 1 aliphatic rings. The van der Waals surface area contributed by atoms with E-state index in [1.807, 2.05) is 24.3 Å². The van der Waals surface area contributed by atoms with Gasteiger partial charge in [0.15, 0.2) is 0 Å². The van der Waals surface area contributed by atoms with Gasteiger partial charge >= 0.3 is 12.0 Å². The van der Waals surface area contributed by atoms with Gasteiger partial charge in [-0.2, -0.15) is 0 Å². The number of carboxylic acid groups (broad SMARTS) is 1. The first-order chi connectivity index (χ1) is 10.0. The van der Waals surface area contributed by atoms with Gasteiger partial charge in [0.1, 0.15) is 6.04 Å². The van der Waals surface area contributed by atoms with Crippen LogP contribution in [0.2, 0.25) is 0 Å². The van der Waals surface area contributed by atoms with Crippen molar-refractivity contribution in [1.82, 2.24) is 10.2 Å². The monoisotopic (exact) mass is 290 g/mol. The van der Waals surface area contributed by atoms with Crippen LogP contribution >= 0.6 is 0 Å². The molecule has 1 aromatic rings. The van der Waals surface area contributed by atoms with E-state index < -0.39 is 12.0 Å². The number of carboxylic acids is 1. The number of hydrogen-bond acceptors (Lipinski definition) is 2. The molecule has 1 aromatic carbocycles. The van der Waals surface area contributed by atoms with Crippen LogP contribution in [0.15, 0.2) is 24.3 Å². The van der Waals surface area contributed by atoms with Crippen LogP contribution < -0.4 is 5.32 Å². The molecule has 114 valence electrons. The summed E-state index contributed by atoms with van der Waals surface area (Å²) in [6.07, 6.45) is 1.34. The summed E-state index contributed by atoms with van der Waals surface area (Å²) in [4.78, 5) is 25.2. The zero-order chi connectivity index (χ0) is 15.4. The Morgan fingerprint density at radius 1 is 1.38 bits per heavy atom. The second-order valence-electron chi connectivity index (χ2n) is 5.65. The van der Waals surface area contributed by atoms with Crippen LogP contribution in [0.25, 0.3) is 0 Å². The highest BCUT2D eigenvalue weighted by Crippen LogP contribution is 2.23. The summed E-state index contributed by atoms with van der Waals surface area (Å²) in [5.74, 6) is -0.572. The number of benzene rings is 1. The van der Waals surface area contributed by atoms with Crippen molar-refractivity contribution in [2.45, 2.75) is 39.3 Å². The van der Waals surface area contributed by atoms with Crippen molar-refractivity contribution < 1.29 is 14.7 Å². The lowest BCUT2D eigenvalue weighted by Gasteiger charge is -2.34. The Bertz CT molecular complexity index is 530. The van der Waals surface area contributed by atoms with Gasteiger partial charge in [-0.1, -0.05) is 44.5 Å². The van der Waals surface area contributed by atoms with Crippen molar-refractivity contribution in [3.05, 3.63) is 35.4 Å². The molecule has 0 aromatic heterocycles. The van der Waals surface area contributed by atoms with Crippen molar-refractivity contribution in [3.8, 4) is 0 Å². The van der Waals surface area contributed by atoms with Crippen molar-refractivity contribution >= 4 is 12.0 Å². The quantitative estimate of drug-likeness (QED) is 0.893. The summed E-state index contributed by atoms with van der Waals surface area (Å²) >= 11 is 0. The third kappa shape index (κ3) is 3.54. The van der Waals surface area contributed by atoms with Gasteiger partial charge in [0.2, 0.25) is 0 Å². The van der Waals surface area contributed by atoms with E-state index in [9.17, 15) is 14.7 Å². The molecule has 2 N–H and O–H groups in total. The number of rotatable bonds is 4. The second-order valence-corrected chi connectivity index (χ2v) is 5.65. The van der Waals surface area contributed by atoms with E-state index in [1.165, 1.54) is 4.90 Å². The number of aliphatic carboxylic acids is 1. The summed E-state index contributed by atoms with van der Waals surface area (Å²) in [5.41, 5.74) is 2.03. The van der Waals surface area contributed by atoms with Crippen molar-refractivity contribution in [2.75, 3.05) is 6.54 Å². The minimum Gasteiger partial charge on any atom is -0.480 e. The minimum atomic E-state index is -0.955. The topological polar surface area (TPSA) is 69.6 Å². The number of carbonyl (C=O) groups excluding carboxylic acids is 1. The molecule has 5 nitrogen and oxygen atoms in total. The summed E-state index contributed by atoms with van der Waals surface area (Å²) in [6, 6.07) is 6.60. The van der Waals surface area contributed by atoms with Crippen LogP contribution in [0.5, 0.6) is 0 Å². The zero-order valence-electron chi connectivity index (χ0n) is 12.5. The third-order valence-corrected chi connectivity index (χ3v) is 4.09. The Hall–Kier alpha value is -2.04. The van der Waals surface area contributed by atoms with E-state index >= 15 is 0 Å². The van der Waals surface area contributed by atoms with Gasteiger partial charge in [0, 0.05) is 19.5 Å². The van der Waals surface area contributed by atoms with E-state index in [2.05, 4.69) is 19.2 Å². The molecule has 0 bridgehead atoms. The zero-order valence-corrected chi connectivity index (χ0v) is 12.5. The number of hydrogen-bond donors (Lipinski definition) is 2. The van der Waals surface area contributed by atoms with Crippen LogP contribution in [0.3, 0.4) is 0 Å². The summed E-state index contributed by atoms with van der Waals surface area (Å²) in [7, 11) is 0. The average Bonchev–Trinajstić information content (AvgIpc) is 2.50. The van der Waals surface area contributed by atoms with Gasteiger partial charge in [-0.25, -0.2) is 9.59 Å². The first-order valence-electron chi connectivity index (χ1n) is 7.37. The minimum absolute atomic E-state index is 0.294. The number of nitrogens with zero attached hydrogens (tertiary/aromatic N) is 1. The SMILES string of the molecule is CCC(C)CNC(=O)N1Cc2ccccc2CC1C(=O)O. The summed E-state index contributed by atoms with van der Waals surface area (Å²) in [5, 5.41) is 12.2. The molecule has 0 fully saturated rings. The summed E-state index contributed by atoms with van der Waals surface area (Å²) < 4.78 is 0. The van der Waals surface area contributed by atoms with Crippen LogP contribution in [0.1, 0.15) is 31.4 Å². The highest BCUT2D eigenvalue weighted by atomic mass is 16.4. The van der Waals surface area contributed by atoms with Gasteiger partial charge in [-0.05, 0) is 17.0 Å². The fourth-order valence-corrected chi connectivity index (χ4v) is 2.46. The molecule has 0 saturated heterocycles. The van der Waals surface area contributed by atoms with Crippen molar-refractivity contribution in [3.63, 3.8) is 0 Å². The normalized spacial score (nSPS) is 18.8. The van der Waals surface area contributed by atoms with E-state index in [0.29, 0.717) is 25.4 Å². The Balaban J connectivity index is 2.13. The number of urea groups is 1. The Morgan fingerprint density at radius 3 is 2.67 bits per heavy atom. The van der Waals surface area contributed by atoms with Crippen LogP contribution in [-0.2, 0) is 17.8 Å². The van der Waals surface area contributed by atoms with Crippen LogP contribution in [0, 0.1) is 5.92 Å². The molecular formula is C16H22N2O3. The maximum atomic E-state index is 12.3. The van der Waals surface area contributed by atoms with Gasteiger partial charge < -0.3 is 15.3 Å². The van der Waals surface area contributed by atoms with Gasteiger partial charge in [-0.15, -0.1) is 0 Å². The molecule has 1 aliphatic heterocycles. The van der Waals surface area contributed by atoms with E-state index in [1.54, 1.807) is 0 Å². The highest BCUT2D eigenvalue weighted by Gasteiger charge is 2.34. The Morgan fingerprint density at radius 2 is 2.05 bits per heavy atom. The summed E-state index contributed by atoms with van der Waals surface area (Å²) in [6.45, 7) is 5.04. The first kappa shape index (κ1) is 15.4. The maximum absolute atomic E-state index is 12.3.